The first-order valence-corrected chi connectivity index (χ1v) is 6.73. The van der Waals surface area contributed by atoms with Crippen molar-refractivity contribution in [2.24, 2.45) is 0 Å². The van der Waals surface area contributed by atoms with Crippen molar-refractivity contribution in [2.45, 2.75) is 25.4 Å². The molecule has 1 aliphatic rings. The molecule has 3 rings (SSSR count). The van der Waals surface area contributed by atoms with Gasteiger partial charge in [0.2, 0.25) is 0 Å². The standard InChI is InChI=1S/C17H15FO2/c18-16-10-13(20-11-12-4-2-1-3-5-12)6-7-14(16)15-8-9-17(15)19/h1-7,10,15H,8-9,11H2. The Kier molecular flexibility index (Phi) is 3.50. The highest BCUT2D eigenvalue weighted by molar-refractivity contribution is 5.91. The predicted octanol–water partition coefficient (Wildman–Crippen LogP) is 3.85. The van der Waals surface area contributed by atoms with E-state index in [4.69, 9.17) is 4.74 Å². The van der Waals surface area contributed by atoms with Gasteiger partial charge in [0.1, 0.15) is 24.0 Å². The Labute approximate surface area is 117 Å². The van der Waals surface area contributed by atoms with Gasteiger partial charge in [0.05, 0.1) is 0 Å². The minimum atomic E-state index is -0.353. The van der Waals surface area contributed by atoms with Gasteiger partial charge in [0, 0.05) is 18.4 Å². The van der Waals surface area contributed by atoms with E-state index < -0.39 is 0 Å². The normalized spacial score (nSPS) is 17.6. The topological polar surface area (TPSA) is 26.3 Å². The zero-order valence-electron chi connectivity index (χ0n) is 11.0. The summed E-state index contributed by atoms with van der Waals surface area (Å²) in [5.74, 6) is 0.00974. The van der Waals surface area contributed by atoms with Crippen LogP contribution >= 0.6 is 0 Å². The summed E-state index contributed by atoms with van der Waals surface area (Å²) in [6.07, 6.45) is 1.32. The van der Waals surface area contributed by atoms with Gasteiger partial charge in [0.25, 0.3) is 0 Å². The van der Waals surface area contributed by atoms with E-state index in [0.29, 0.717) is 24.3 Å². The molecule has 2 aromatic carbocycles. The molecule has 1 saturated carbocycles. The first-order chi connectivity index (χ1) is 9.74. The Hall–Kier alpha value is -2.16. The SMILES string of the molecule is O=C1CCC1c1ccc(OCc2ccccc2)cc1F. The maximum Gasteiger partial charge on any atom is 0.140 e. The van der Waals surface area contributed by atoms with Gasteiger partial charge in [-0.3, -0.25) is 4.79 Å². The van der Waals surface area contributed by atoms with Gasteiger partial charge in [-0.05, 0) is 23.6 Å². The fourth-order valence-corrected chi connectivity index (χ4v) is 2.36. The quantitative estimate of drug-likeness (QED) is 0.843. The molecule has 2 nitrogen and oxygen atoms in total. The second-order valence-electron chi connectivity index (χ2n) is 5.02. The number of Topliss-reactive ketones (excluding diaryl/α,β-unsaturated/α-hetero) is 1. The minimum Gasteiger partial charge on any atom is -0.489 e. The molecule has 0 heterocycles. The lowest BCUT2D eigenvalue weighted by molar-refractivity contribution is -0.125. The molecular weight excluding hydrogens is 255 g/mol. The lowest BCUT2D eigenvalue weighted by Crippen LogP contribution is -2.24. The second kappa shape index (κ2) is 5.45. The van der Waals surface area contributed by atoms with Crippen LogP contribution in [-0.2, 0) is 11.4 Å². The molecule has 1 atom stereocenters. The number of hydrogen-bond acceptors (Lipinski definition) is 2. The highest BCUT2D eigenvalue weighted by Gasteiger charge is 2.31. The second-order valence-corrected chi connectivity index (χ2v) is 5.02. The highest BCUT2D eigenvalue weighted by atomic mass is 19.1. The van der Waals surface area contributed by atoms with Crippen LogP contribution in [0.25, 0.3) is 0 Å². The summed E-state index contributed by atoms with van der Waals surface area (Å²) in [6, 6.07) is 14.5. The van der Waals surface area contributed by atoms with E-state index in [0.717, 1.165) is 12.0 Å². The summed E-state index contributed by atoms with van der Waals surface area (Å²) in [5.41, 5.74) is 1.53. The third-order valence-corrected chi connectivity index (χ3v) is 3.66. The Morgan fingerprint density at radius 1 is 1.15 bits per heavy atom. The molecule has 1 unspecified atom stereocenters. The van der Waals surface area contributed by atoms with Gasteiger partial charge in [-0.25, -0.2) is 4.39 Å². The zero-order valence-corrected chi connectivity index (χ0v) is 11.0. The van der Waals surface area contributed by atoms with Gasteiger partial charge >= 0.3 is 0 Å². The fourth-order valence-electron chi connectivity index (χ4n) is 2.36. The molecule has 2 aromatic rings. The molecule has 0 N–H and O–H groups in total. The summed E-state index contributed by atoms with van der Waals surface area (Å²) in [6.45, 7) is 0.405. The van der Waals surface area contributed by atoms with Crippen LogP contribution in [-0.4, -0.2) is 5.78 Å². The molecule has 0 saturated heterocycles. The maximum atomic E-state index is 14.0. The van der Waals surface area contributed by atoms with Crippen molar-refractivity contribution in [1.82, 2.24) is 0 Å². The van der Waals surface area contributed by atoms with Crippen LogP contribution in [0.15, 0.2) is 48.5 Å². The average Bonchev–Trinajstić information content (AvgIpc) is 2.47. The Morgan fingerprint density at radius 3 is 2.55 bits per heavy atom. The lowest BCUT2D eigenvalue weighted by Gasteiger charge is -2.24. The fraction of sp³-hybridized carbons (Fsp3) is 0.235. The van der Waals surface area contributed by atoms with Crippen molar-refractivity contribution in [3.63, 3.8) is 0 Å². The highest BCUT2D eigenvalue weighted by Crippen LogP contribution is 2.35. The van der Waals surface area contributed by atoms with E-state index in [1.807, 2.05) is 30.3 Å². The van der Waals surface area contributed by atoms with Crippen LogP contribution in [0.2, 0.25) is 0 Å². The third-order valence-electron chi connectivity index (χ3n) is 3.66. The van der Waals surface area contributed by atoms with Crippen LogP contribution in [0.3, 0.4) is 0 Å². The zero-order chi connectivity index (χ0) is 13.9. The van der Waals surface area contributed by atoms with Crippen LogP contribution in [0.1, 0.15) is 29.9 Å². The third kappa shape index (κ3) is 2.57. The van der Waals surface area contributed by atoms with Crippen molar-refractivity contribution < 1.29 is 13.9 Å². The summed E-state index contributed by atoms with van der Waals surface area (Å²) in [4.78, 5) is 11.4. The Balaban J connectivity index is 1.69. The minimum absolute atomic E-state index is 0.127. The molecule has 20 heavy (non-hydrogen) atoms. The molecule has 0 bridgehead atoms. The van der Waals surface area contributed by atoms with E-state index in [-0.39, 0.29) is 17.5 Å². The van der Waals surface area contributed by atoms with E-state index >= 15 is 0 Å². The summed E-state index contributed by atoms with van der Waals surface area (Å²) < 4.78 is 19.5. The van der Waals surface area contributed by atoms with E-state index in [1.165, 1.54) is 6.07 Å². The number of hydrogen-bond donors (Lipinski definition) is 0. The van der Waals surface area contributed by atoms with Gasteiger partial charge in [-0.2, -0.15) is 0 Å². The average molecular weight is 270 g/mol. The van der Waals surface area contributed by atoms with E-state index in [1.54, 1.807) is 12.1 Å². The molecule has 0 spiro atoms. The molecule has 0 radical (unpaired) electrons. The van der Waals surface area contributed by atoms with Crippen LogP contribution < -0.4 is 4.74 Å². The Morgan fingerprint density at radius 2 is 1.95 bits per heavy atom. The van der Waals surface area contributed by atoms with Crippen molar-refractivity contribution in [3.8, 4) is 5.75 Å². The number of benzene rings is 2. The van der Waals surface area contributed by atoms with Crippen molar-refractivity contribution in [2.75, 3.05) is 0 Å². The van der Waals surface area contributed by atoms with Crippen molar-refractivity contribution in [1.29, 1.82) is 0 Å². The molecule has 1 aliphatic carbocycles. The monoisotopic (exact) mass is 270 g/mol. The van der Waals surface area contributed by atoms with Crippen molar-refractivity contribution in [3.05, 3.63) is 65.5 Å². The summed E-state index contributed by atoms with van der Waals surface area (Å²) in [7, 11) is 0. The summed E-state index contributed by atoms with van der Waals surface area (Å²) >= 11 is 0. The van der Waals surface area contributed by atoms with E-state index in [9.17, 15) is 9.18 Å². The first-order valence-electron chi connectivity index (χ1n) is 6.73. The number of carbonyl (C=O) groups is 1. The maximum absolute atomic E-state index is 14.0. The van der Waals surface area contributed by atoms with Crippen LogP contribution in [0.4, 0.5) is 4.39 Å². The molecule has 102 valence electrons. The van der Waals surface area contributed by atoms with Gasteiger partial charge in [-0.1, -0.05) is 36.4 Å². The number of halogens is 1. The molecule has 0 aliphatic heterocycles. The first kappa shape index (κ1) is 12.9. The van der Waals surface area contributed by atoms with Crippen LogP contribution in [0, 0.1) is 5.82 Å². The predicted molar refractivity (Wildman–Crippen MR) is 74.2 cm³/mol. The number of ketones is 1. The largest absolute Gasteiger partial charge is 0.489 e. The molecule has 1 fully saturated rings. The van der Waals surface area contributed by atoms with Crippen LogP contribution in [0.5, 0.6) is 5.75 Å². The summed E-state index contributed by atoms with van der Waals surface area (Å²) in [5, 5.41) is 0. The van der Waals surface area contributed by atoms with Gasteiger partial charge < -0.3 is 4.74 Å². The van der Waals surface area contributed by atoms with E-state index in [2.05, 4.69) is 0 Å². The van der Waals surface area contributed by atoms with Crippen molar-refractivity contribution >= 4 is 5.78 Å². The van der Waals surface area contributed by atoms with Gasteiger partial charge in [0.15, 0.2) is 0 Å². The van der Waals surface area contributed by atoms with Gasteiger partial charge in [-0.15, -0.1) is 0 Å². The number of ether oxygens (including phenoxy) is 1. The lowest BCUT2D eigenvalue weighted by atomic mass is 9.78. The molecule has 0 aromatic heterocycles. The molecular formula is C17H15FO2. The number of carbonyl (C=O) groups excluding carboxylic acids is 1. The molecule has 3 heteroatoms. The Bertz CT molecular complexity index is 622. The smallest absolute Gasteiger partial charge is 0.140 e. The number of rotatable bonds is 4. The molecule has 0 amide bonds.